The number of hydrogen-bond donors (Lipinski definition) is 1. The molecule has 66 valence electrons. The van der Waals surface area contributed by atoms with Crippen LogP contribution in [0.5, 0.6) is 0 Å². The number of rotatable bonds is 2. The Balaban J connectivity index is 3.14. The zero-order chi connectivity index (χ0) is 9.30. The second-order valence-corrected chi connectivity index (χ2v) is 3.73. The van der Waals surface area contributed by atoms with Gasteiger partial charge in [-0.3, -0.25) is 14.2 Å². The minimum Gasteiger partial charge on any atom is -0.368 e. The van der Waals surface area contributed by atoms with Gasteiger partial charge in [0.05, 0.1) is 0 Å². The second-order valence-electron chi connectivity index (χ2n) is 2.56. The van der Waals surface area contributed by atoms with E-state index in [1.165, 1.54) is 4.57 Å². The molecule has 1 aromatic rings. The molecule has 4 nitrogen and oxygen atoms in total. The molecule has 0 spiro atoms. The molecule has 1 heterocycles. The fourth-order valence-electron chi connectivity index (χ4n) is 0.926. The van der Waals surface area contributed by atoms with Crippen LogP contribution >= 0.6 is 11.3 Å². The van der Waals surface area contributed by atoms with Gasteiger partial charge in [0.2, 0.25) is 5.91 Å². The van der Waals surface area contributed by atoms with Crippen LogP contribution in [-0.2, 0) is 11.3 Å². The van der Waals surface area contributed by atoms with E-state index in [9.17, 15) is 9.59 Å². The number of nitrogens with two attached hydrogens (primary N) is 1. The van der Waals surface area contributed by atoms with Gasteiger partial charge in [0, 0.05) is 10.6 Å². The van der Waals surface area contributed by atoms with Crippen LogP contribution in [0.2, 0.25) is 0 Å². The van der Waals surface area contributed by atoms with Crippen molar-refractivity contribution in [3.63, 3.8) is 0 Å². The van der Waals surface area contributed by atoms with Gasteiger partial charge in [0.1, 0.15) is 6.54 Å². The first-order valence-electron chi connectivity index (χ1n) is 3.47. The maximum atomic E-state index is 11.2. The minimum absolute atomic E-state index is 0.0188. The highest BCUT2D eigenvalue weighted by molar-refractivity contribution is 7.09. The van der Waals surface area contributed by atoms with Crippen molar-refractivity contribution in [1.82, 2.24) is 4.57 Å². The molecule has 12 heavy (non-hydrogen) atoms. The lowest BCUT2D eigenvalue weighted by molar-refractivity contribution is -0.118. The molecule has 0 aliphatic heterocycles. The third-order valence-corrected chi connectivity index (χ3v) is 2.69. The molecule has 2 N–H and O–H groups in total. The summed E-state index contributed by atoms with van der Waals surface area (Å²) in [6, 6.07) is 0. The van der Waals surface area contributed by atoms with Gasteiger partial charge in [-0.2, -0.15) is 0 Å². The number of primary amides is 1. The lowest BCUT2D eigenvalue weighted by atomic mass is 10.4. The molecule has 0 fully saturated rings. The molecule has 0 unspecified atom stereocenters. The van der Waals surface area contributed by atoms with Crippen LogP contribution in [0, 0.1) is 13.8 Å². The summed E-state index contributed by atoms with van der Waals surface area (Å²) in [5.74, 6) is -0.488. The lowest BCUT2D eigenvalue weighted by Crippen LogP contribution is -2.25. The standard InChI is InChI=1S/C7H10N2O2S/c1-4-5(2)12-7(11)9(4)3-6(8)10/h3H2,1-2H3,(H2,8,10). The molecular formula is C7H10N2O2S. The number of aromatic nitrogens is 1. The topological polar surface area (TPSA) is 65.1 Å². The number of amides is 1. The molecule has 1 rings (SSSR count). The van der Waals surface area contributed by atoms with E-state index in [1.807, 2.05) is 6.92 Å². The number of nitrogens with zero attached hydrogens (tertiary/aromatic N) is 1. The maximum absolute atomic E-state index is 11.2. The normalized spacial score (nSPS) is 10.2. The first-order valence-corrected chi connectivity index (χ1v) is 4.29. The zero-order valence-corrected chi connectivity index (χ0v) is 7.77. The summed E-state index contributed by atoms with van der Waals surface area (Å²) in [5.41, 5.74) is 5.80. The zero-order valence-electron chi connectivity index (χ0n) is 6.96. The van der Waals surface area contributed by atoms with Crippen molar-refractivity contribution >= 4 is 17.2 Å². The Bertz CT molecular complexity index is 364. The van der Waals surface area contributed by atoms with Crippen LogP contribution in [0.4, 0.5) is 0 Å². The highest BCUT2D eigenvalue weighted by atomic mass is 32.1. The molecule has 0 atom stereocenters. The van der Waals surface area contributed by atoms with Gasteiger partial charge in [0.25, 0.3) is 0 Å². The summed E-state index contributed by atoms with van der Waals surface area (Å²) >= 11 is 1.14. The molecule has 1 amide bonds. The van der Waals surface area contributed by atoms with Crippen LogP contribution in [0.3, 0.4) is 0 Å². The molecular weight excluding hydrogens is 176 g/mol. The molecule has 5 heteroatoms. The summed E-state index contributed by atoms with van der Waals surface area (Å²) in [5, 5.41) is 0. The van der Waals surface area contributed by atoms with E-state index in [0.29, 0.717) is 0 Å². The Morgan fingerprint density at radius 3 is 2.50 bits per heavy atom. The van der Waals surface area contributed by atoms with Crippen molar-refractivity contribution in [1.29, 1.82) is 0 Å². The monoisotopic (exact) mass is 186 g/mol. The van der Waals surface area contributed by atoms with Crippen LogP contribution in [-0.4, -0.2) is 10.5 Å². The van der Waals surface area contributed by atoms with Crippen molar-refractivity contribution in [2.45, 2.75) is 20.4 Å². The minimum atomic E-state index is -0.488. The van der Waals surface area contributed by atoms with E-state index >= 15 is 0 Å². The number of aryl methyl sites for hydroxylation is 1. The van der Waals surface area contributed by atoms with Crippen LogP contribution in [0.25, 0.3) is 0 Å². The lowest BCUT2D eigenvalue weighted by Gasteiger charge is -1.99. The van der Waals surface area contributed by atoms with Crippen molar-refractivity contribution in [3.05, 3.63) is 20.2 Å². The predicted octanol–water partition coefficient (Wildman–Crippen LogP) is 0.0119. The highest BCUT2D eigenvalue weighted by Gasteiger charge is 2.08. The maximum Gasteiger partial charge on any atom is 0.308 e. The highest BCUT2D eigenvalue weighted by Crippen LogP contribution is 2.08. The number of carbonyl (C=O) groups is 1. The Morgan fingerprint density at radius 2 is 2.17 bits per heavy atom. The summed E-state index contributed by atoms with van der Waals surface area (Å²) in [4.78, 5) is 22.5. The molecule has 0 aromatic carbocycles. The number of carbonyl (C=O) groups excluding carboxylic acids is 1. The van der Waals surface area contributed by atoms with Gasteiger partial charge in [-0.25, -0.2) is 0 Å². The van der Waals surface area contributed by atoms with Crippen molar-refractivity contribution in [2.24, 2.45) is 5.73 Å². The predicted molar refractivity (Wildman–Crippen MR) is 47.2 cm³/mol. The van der Waals surface area contributed by atoms with Gasteiger partial charge < -0.3 is 5.73 Å². The number of hydrogen-bond acceptors (Lipinski definition) is 3. The molecule has 0 bridgehead atoms. The summed E-state index contributed by atoms with van der Waals surface area (Å²) in [6.07, 6.45) is 0. The Kier molecular flexibility index (Phi) is 2.32. The molecule has 0 aliphatic carbocycles. The molecule has 1 aromatic heterocycles. The van der Waals surface area contributed by atoms with Crippen LogP contribution in [0.1, 0.15) is 10.6 Å². The van der Waals surface area contributed by atoms with Crippen molar-refractivity contribution in [3.8, 4) is 0 Å². The Labute approximate surface area is 73.6 Å². The smallest absolute Gasteiger partial charge is 0.308 e. The second kappa shape index (κ2) is 3.10. The van der Waals surface area contributed by atoms with E-state index in [0.717, 1.165) is 21.9 Å². The van der Waals surface area contributed by atoms with Crippen molar-refractivity contribution in [2.75, 3.05) is 0 Å². The van der Waals surface area contributed by atoms with E-state index in [4.69, 9.17) is 5.73 Å². The third kappa shape index (κ3) is 1.55. The van der Waals surface area contributed by atoms with Crippen LogP contribution < -0.4 is 10.6 Å². The van der Waals surface area contributed by atoms with E-state index in [2.05, 4.69) is 0 Å². The van der Waals surface area contributed by atoms with E-state index in [1.54, 1.807) is 6.92 Å². The quantitative estimate of drug-likeness (QED) is 0.707. The van der Waals surface area contributed by atoms with Gasteiger partial charge >= 0.3 is 4.87 Å². The van der Waals surface area contributed by atoms with Gasteiger partial charge in [-0.1, -0.05) is 11.3 Å². The SMILES string of the molecule is Cc1sc(=O)n(CC(N)=O)c1C. The van der Waals surface area contributed by atoms with Gasteiger partial charge in [0.15, 0.2) is 0 Å². The Morgan fingerprint density at radius 1 is 1.58 bits per heavy atom. The van der Waals surface area contributed by atoms with Crippen molar-refractivity contribution < 1.29 is 4.79 Å². The third-order valence-electron chi connectivity index (χ3n) is 1.69. The summed E-state index contributed by atoms with van der Waals surface area (Å²) in [7, 11) is 0. The molecule has 0 saturated heterocycles. The summed E-state index contributed by atoms with van der Waals surface area (Å²) in [6.45, 7) is 3.63. The first kappa shape index (κ1) is 8.99. The largest absolute Gasteiger partial charge is 0.368 e. The molecule has 0 aliphatic rings. The van der Waals surface area contributed by atoms with Gasteiger partial charge in [-0.05, 0) is 13.8 Å². The van der Waals surface area contributed by atoms with Gasteiger partial charge in [-0.15, -0.1) is 0 Å². The Hall–Kier alpha value is -1.10. The molecule has 0 saturated carbocycles. The average Bonchev–Trinajstić information content (AvgIpc) is 2.16. The summed E-state index contributed by atoms with van der Waals surface area (Å²) < 4.78 is 1.39. The average molecular weight is 186 g/mol. The van der Waals surface area contributed by atoms with Crippen LogP contribution in [0.15, 0.2) is 4.79 Å². The van der Waals surface area contributed by atoms with E-state index in [-0.39, 0.29) is 11.4 Å². The number of thiazole rings is 1. The molecule has 0 radical (unpaired) electrons. The first-order chi connectivity index (χ1) is 5.52. The van der Waals surface area contributed by atoms with E-state index < -0.39 is 5.91 Å². The fraction of sp³-hybridized carbons (Fsp3) is 0.429. The fourth-order valence-corrected chi connectivity index (χ4v) is 1.76.